The molecule has 3 nitrogen and oxygen atoms in total. The molecule has 0 bridgehead atoms. The van der Waals surface area contributed by atoms with Crippen LogP contribution < -0.4 is 4.74 Å². The van der Waals surface area contributed by atoms with Crippen molar-refractivity contribution in [2.45, 2.75) is 38.5 Å². The summed E-state index contributed by atoms with van der Waals surface area (Å²) in [5.74, 6) is 1.15. The van der Waals surface area contributed by atoms with E-state index in [2.05, 4.69) is 75.4 Å². The Labute approximate surface area is 218 Å². The number of carbonyl (C=O) groups is 1. The Kier molecular flexibility index (Phi) is 8.17. The number of hydrogen-bond acceptors (Lipinski definition) is 4. The van der Waals surface area contributed by atoms with Gasteiger partial charge in [0.15, 0.2) is 0 Å². The number of fused-ring (bicyclic) bond motifs is 1. The van der Waals surface area contributed by atoms with E-state index < -0.39 is 0 Å². The Bertz CT molecular complexity index is 1350. The molecule has 0 saturated carbocycles. The van der Waals surface area contributed by atoms with Crippen LogP contribution in [0.1, 0.15) is 43.0 Å². The second-order valence-electron chi connectivity index (χ2n) is 9.77. The van der Waals surface area contributed by atoms with Crippen molar-refractivity contribution in [3.05, 3.63) is 118 Å². The van der Waals surface area contributed by atoms with Gasteiger partial charge in [-0.1, -0.05) is 93.6 Å². The summed E-state index contributed by atoms with van der Waals surface area (Å²) in [6.07, 6.45) is 1.87. The highest BCUT2D eigenvalue weighted by Crippen LogP contribution is 2.28. The lowest BCUT2D eigenvalue weighted by Gasteiger charge is -2.19. The van der Waals surface area contributed by atoms with Gasteiger partial charge in [0.1, 0.15) is 12.4 Å². The van der Waals surface area contributed by atoms with Crippen molar-refractivity contribution in [2.24, 2.45) is 0 Å². The van der Waals surface area contributed by atoms with Crippen molar-refractivity contribution in [1.29, 1.82) is 0 Å². The molecule has 4 aromatic rings. The number of hydrogen-bond donors (Lipinski definition) is 0. The van der Waals surface area contributed by atoms with E-state index in [1.807, 2.05) is 42.5 Å². The maximum Gasteiger partial charge on any atom is 0.344 e. The lowest BCUT2D eigenvalue weighted by atomic mass is 9.87. The second-order valence-corrected chi connectivity index (χ2v) is 10.8. The van der Waals surface area contributed by atoms with Crippen LogP contribution in [0, 0.1) is 0 Å². The third-order valence-electron chi connectivity index (χ3n) is 6.00. The van der Waals surface area contributed by atoms with E-state index in [0.29, 0.717) is 17.3 Å². The molecule has 0 N–H and O–H groups in total. The first kappa shape index (κ1) is 25.6. The molecule has 4 heteroatoms. The predicted octanol–water partition coefficient (Wildman–Crippen LogP) is 8.16. The lowest BCUT2D eigenvalue weighted by molar-refractivity contribution is -0.135. The van der Waals surface area contributed by atoms with Gasteiger partial charge in [0.05, 0.1) is 12.0 Å². The summed E-state index contributed by atoms with van der Waals surface area (Å²) < 4.78 is 11.0. The molecule has 184 valence electrons. The molecule has 0 radical (unpaired) electrons. The topological polar surface area (TPSA) is 35.5 Å². The van der Waals surface area contributed by atoms with Gasteiger partial charge in [0, 0.05) is 5.75 Å². The molecule has 0 heterocycles. The van der Waals surface area contributed by atoms with Crippen molar-refractivity contribution >= 4 is 34.6 Å². The number of esters is 1. The number of methoxy groups -OCH3 is 1. The summed E-state index contributed by atoms with van der Waals surface area (Å²) in [7, 11) is 1.42. The smallest absolute Gasteiger partial charge is 0.344 e. The normalized spacial score (nSPS) is 11.9. The zero-order valence-electron chi connectivity index (χ0n) is 21.3. The highest BCUT2D eigenvalue weighted by Gasteiger charge is 2.14. The van der Waals surface area contributed by atoms with E-state index in [4.69, 9.17) is 9.47 Å². The van der Waals surface area contributed by atoms with Crippen LogP contribution in [0.2, 0.25) is 0 Å². The van der Waals surface area contributed by atoms with Crippen molar-refractivity contribution in [3.63, 3.8) is 0 Å². The number of benzene rings is 4. The van der Waals surface area contributed by atoms with E-state index in [9.17, 15) is 4.79 Å². The van der Waals surface area contributed by atoms with E-state index >= 15 is 0 Å². The van der Waals surface area contributed by atoms with Crippen LogP contribution in [0.4, 0.5) is 0 Å². The maximum atomic E-state index is 12.4. The van der Waals surface area contributed by atoms with Crippen LogP contribution >= 0.6 is 11.8 Å². The summed E-state index contributed by atoms with van der Waals surface area (Å²) in [6, 6.07) is 31.0. The zero-order valence-corrected chi connectivity index (χ0v) is 22.1. The third kappa shape index (κ3) is 6.79. The number of ether oxygens (including phenoxy) is 2. The van der Waals surface area contributed by atoms with E-state index in [1.165, 1.54) is 40.8 Å². The van der Waals surface area contributed by atoms with E-state index in [-0.39, 0.29) is 11.4 Å². The van der Waals surface area contributed by atoms with E-state index in [1.54, 1.807) is 0 Å². The van der Waals surface area contributed by atoms with Gasteiger partial charge in [-0.15, -0.1) is 11.8 Å². The van der Waals surface area contributed by atoms with Gasteiger partial charge in [0.2, 0.25) is 0 Å². The third-order valence-corrected chi connectivity index (χ3v) is 7.07. The Morgan fingerprint density at radius 3 is 2.17 bits per heavy atom. The average Bonchev–Trinajstić information content (AvgIpc) is 2.89. The Morgan fingerprint density at radius 1 is 0.833 bits per heavy atom. The summed E-state index contributed by atoms with van der Waals surface area (Å²) >= 11 is 1.48. The van der Waals surface area contributed by atoms with Crippen LogP contribution in [-0.2, 0) is 27.3 Å². The molecule has 0 aliphatic rings. The van der Waals surface area contributed by atoms with E-state index in [0.717, 1.165) is 16.9 Å². The molecule has 0 spiro atoms. The molecule has 0 amide bonds. The van der Waals surface area contributed by atoms with Crippen LogP contribution in [0.5, 0.6) is 5.75 Å². The van der Waals surface area contributed by atoms with Crippen molar-refractivity contribution in [1.82, 2.24) is 0 Å². The van der Waals surface area contributed by atoms with Gasteiger partial charge in [-0.25, -0.2) is 4.79 Å². The highest BCUT2D eigenvalue weighted by atomic mass is 32.2. The Hall–Kier alpha value is -3.50. The first-order chi connectivity index (χ1) is 17.3. The van der Waals surface area contributed by atoms with Crippen molar-refractivity contribution in [2.75, 3.05) is 7.11 Å². The van der Waals surface area contributed by atoms with Gasteiger partial charge < -0.3 is 9.47 Å². The largest absolute Gasteiger partial charge is 0.489 e. The number of thioether (sulfide) groups is 1. The van der Waals surface area contributed by atoms with Crippen LogP contribution in [0.25, 0.3) is 16.8 Å². The summed E-state index contributed by atoms with van der Waals surface area (Å²) in [5, 5.41) is 2.43. The first-order valence-electron chi connectivity index (χ1n) is 12.0. The van der Waals surface area contributed by atoms with Crippen LogP contribution in [0.3, 0.4) is 0 Å². The monoisotopic (exact) mass is 496 g/mol. The predicted molar refractivity (Wildman–Crippen MR) is 151 cm³/mol. The fourth-order valence-electron chi connectivity index (χ4n) is 3.83. The molecule has 0 unspecified atom stereocenters. The molecule has 0 aliphatic heterocycles. The minimum Gasteiger partial charge on any atom is -0.489 e. The molecule has 4 aromatic carbocycles. The van der Waals surface area contributed by atoms with Gasteiger partial charge in [-0.05, 0) is 62.7 Å². The maximum absolute atomic E-state index is 12.4. The molecular formula is C32H32O3S. The number of carbonyl (C=O) groups excluding carboxylic acids is 1. The van der Waals surface area contributed by atoms with Crippen LogP contribution in [0.15, 0.2) is 95.9 Å². The summed E-state index contributed by atoms with van der Waals surface area (Å²) in [4.78, 5) is 13.0. The fourth-order valence-corrected chi connectivity index (χ4v) is 4.76. The Morgan fingerprint density at radius 2 is 1.50 bits per heavy atom. The van der Waals surface area contributed by atoms with Gasteiger partial charge in [-0.3, -0.25) is 0 Å². The van der Waals surface area contributed by atoms with Gasteiger partial charge in [-0.2, -0.15) is 0 Å². The second kappa shape index (κ2) is 11.5. The molecular weight excluding hydrogens is 464 g/mol. The zero-order chi connectivity index (χ0) is 25.5. The standard InChI is InChI=1S/C32H32O3S/c1-32(2,3)28-15-10-24(11-16-28)22-36-30(31(33)34-4)20-23-12-17-29(18-13-23)35-21-25-9-14-26-7-5-6-8-27(26)19-25/h5-20H,21-22H2,1-4H3. The lowest BCUT2D eigenvalue weighted by Crippen LogP contribution is -2.10. The fraction of sp³-hybridized carbons (Fsp3) is 0.219. The highest BCUT2D eigenvalue weighted by molar-refractivity contribution is 8.03. The van der Waals surface area contributed by atoms with Crippen LogP contribution in [-0.4, -0.2) is 13.1 Å². The molecule has 36 heavy (non-hydrogen) atoms. The SMILES string of the molecule is COC(=O)C(=Cc1ccc(OCc2ccc3ccccc3c2)cc1)SCc1ccc(C(C)(C)C)cc1. The molecule has 0 aromatic heterocycles. The quantitative estimate of drug-likeness (QED) is 0.182. The number of rotatable bonds is 8. The molecule has 0 fully saturated rings. The summed E-state index contributed by atoms with van der Waals surface area (Å²) in [6.45, 7) is 7.11. The minimum atomic E-state index is -0.331. The molecule has 0 saturated heterocycles. The van der Waals surface area contributed by atoms with Crippen molar-refractivity contribution < 1.29 is 14.3 Å². The first-order valence-corrected chi connectivity index (χ1v) is 13.0. The molecule has 4 rings (SSSR count). The van der Waals surface area contributed by atoms with Crippen molar-refractivity contribution in [3.8, 4) is 5.75 Å². The summed E-state index contributed by atoms with van der Waals surface area (Å²) in [5.41, 5.74) is 4.62. The van der Waals surface area contributed by atoms with Gasteiger partial charge in [0.25, 0.3) is 0 Å². The molecule has 0 atom stereocenters. The molecule has 0 aliphatic carbocycles. The average molecular weight is 497 g/mol. The minimum absolute atomic E-state index is 0.119. The Balaban J connectivity index is 1.39. The van der Waals surface area contributed by atoms with Gasteiger partial charge >= 0.3 is 5.97 Å².